The van der Waals surface area contributed by atoms with Gasteiger partial charge in [-0.1, -0.05) is 43.7 Å². The largest absolute Gasteiger partial charge is 0.341 e. The Morgan fingerprint density at radius 1 is 0.917 bits per heavy atom. The number of imide groups is 1. The van der Waals surface area contributed by atoms with E-state index < -0.39 is 17.8 Å². The van der Waals surface area contributed by atoms with Gasteiger partial charge in [-0.25, -0.2) is 4.79 Å². The summed E-state index contributed by atoms with van der Waals surface area (Å²) >= 11 is 1.78. The van der Waals surface area contributed by atoms with Gasteiger partial charge in [-0.05, 0) is 18.4 Å². The predicted molar refractivity (Wildman–Crippen MR) is 137 cm³/mol. The van der Waals surface area contributed by atoms with Gasteiger partial charge in [0.2, 0.25) is 11.8 Å². The van der Waals surface area contributed by atoms with Gasteiger partial charge < -0.3 is 14.6 Å². The third-order valence-corrected chi connectivity index (χ3v) is 6.87. The van der Waals surface area contributed by atoms with Crippen LogP contribution in [0, 0.1) is 0 Å². The topological polar surface area (TPSA) is 104 Å². The molecule has 1 aliphatic heterocycles. The average Bonchev–Trinajstić information content (AvgIpc) is 3.18. The van der Waals surface area contributed by atoms with E-state index in [9.17, 15) is 24.0 Å². The maximum Gasteiger partial charge on any atom is 0.333 e. The van der Waals surface area contributed by atoms with Crippen LogP contribution in [0.2, 0.25) is 0 Å². The summed E-state index contributed by atoms with van der Waals surface area (Å²) in [7, 11) is 0. The van der Waals surface area contributed by atoms with Crippen molar-refractivity contribution in [3.8, 4) is 0 Å². The molecule has 0 bridgehead atoms. The lowest BCUT2D eigenvalue weighted by atomic mass is 10.2. The predicted octanol–water partition coefficient (Wildman–Crippen LogP) is 3.17. The zero-order valence-electron chi connectivity index (χ0n) is 21.3. The maximum absolute atomic E-state index is 12.4. The van der Waals surface area contributed by atoms with Crippen molar-refractivity contribution in [2.45, 2.75) is 64.5 Å². The molecule has 0 radical (unpaired) electrons. The van der Waals surface area contributed by atoms with E-state index in [2.05, 4.69) is 12.1 Å². The highest BCUT2D eigenvalue weighted by molar-refractivity contribution is 7.98. The Morgan fingerprint density at radius 2 is 1.58 bits per heavy atom. The van der Waals surface area contributed by atoms with Crippen molar-refractivity contribution in [3.05, 3.63) is 35.9 Å². The Kier molecular flexibility index (Phi) is 13.0. The monoisotopic (exact) mass is 519 g/mol. The lowest BCUT2D eigenvalue weighted by Gasteiger charge is -2.27. The summed E-state index contributed by atoms with van der Waals surface area (Å²) in [5, 5.41) is 0.559. The maximum atomic E-state index is 12.4. The Bertz CT molecular complexity index is 879. The number of thioether (sulfide) groups is 1. The van der Waals surface area contributed by atoms with Gasteiger partial charge in [-0.15, -0.1) is 5.06 Å². The molecular formula is C26H37N3O6S. The smallest absolute Gasteiger partial charge is 0.333 e. The van der Waals surface area contributed by atoms with Crippen LogP contribution in [0.25, 0.3) is 0 Å². The van der Waals surface area contributed by atoms with Crippen molar-refractivity contribution < 1.29 is 28.8 Å². The Hall–Kier alpha value is -2.88. The number of unbranched alkanes of at least 4 members (excludes halogenated alkanes) is 2. The molecule has 0 aliphatic carbocycles. The van der Waals surface area contributed by atoms with Crippen molar-refractivity contribution in [2.24, 2.45) is 0 Å². The number of carbonyl (C=O) groups is 5. The molecule has 0 unspecified atom stereocenters. The van der Waals surface area contributed by atoms with Gasteiger partial charge in [0, 0.05) is 70.3 Å². The van der Waals surface area contributed by atoms with E-state index in [1.165, 1.54) is 12.5 Å². The van der Waals surface area contributed by atoms with Gasteiger partial charge >= 0.3 is 5.97 Å². The molecule has 2 rings (SSSR count). The van der Waals surface area contributed by atoms with Crippen LogP contribution in [0.4, 0.5) is 0 Å². The van der Waals surface area contributed by atoms with Gasteiger partial charge in [0.05, 0.1) is 0 Å². The van der Waals surface area contributed by atoms with Crippen LogP contribution in [0.5, 0.6) is 0 Å². The standard InChI is InChI=1S/C26H37N3O6S/c1-3-23(31)28(18-19-36-20-22-10-6-4-7-11-22)17-16-27(21(2)30)15-9-5-8-12-26(34)35-29-24(32)13-14-25(29)33/h4,6-7,10-11H,3,5,8-9,12-20H2,1-2H3. The minimum absolute atomic E-state index is 0.0529. The number of nitrogens with zero attached hydrogens (tertiary/aromatic N) is 3. The summed E-state index contributed by atoms with van der Waals surface area (Å²) in [5.41, 5.74) is 1.25. The van der Waals surface area contributed by atoms with Gasteiger partial charge in [0.1, 0.15) is 0 Å². The van der Waals surface area contributed by atoms with Crippen molar-refractivity contribution in [1.29, 1.82) is 0 Å². The van der Waals surface area contributed by atoms with Gasteiger partial charge in [0.15, 0.2) is 0 Å². The fraction of sp³-hybridized carbons (Fsp3) is 0.577. The molecular weight excluding hydrogens is 482 g/mol. The first kappa shape index (κ1) is 29.4. The molecule has 0 N–H and O–H groups in total. The Labute approximate surface area is 217 Å². The van der Waals surface area contributed by atoms with E-state index in [-0.39, 0.29) is 31.1 Å². The van der Waals surface area contributed by atoms with Crippen molar-refractivity contribution >= 4 is 41.4 Å². The molecule has 1 fully saturated rings. The first-order chi connectivity index (χ1) is 17.3. The molecule has 1 heterocycles. The molecule has 9 nitrogen and oxygen atoms in total. The van der Waals surface area contributed by atoms with Crippen LogP contribution in [0.1, 0.15) is 64.4 Å². The van der Waals surface area contributed by atoms with Crippen LogP contribution in [0.15, 0.2) is 30.3 Å². The van der Waals surface area contributed by atoms with E-state index in [0.29, 0.717) is 56.9 Å². The van der Waals surface area contributed by atoms with E-state index in [1.54, 1.807) is 16.7 Å². The molecule has 36 heavy (non-hydrogen) atoms. The molecule has 0 atom stereocenters. The summed E-state index contributed by atoms with van der Waals surface area (Å²) < 4.78 is 0. The summed E-state index contributed by atoms with van der Waals surface area (Å²) in [6.45, 7) is 5.48. The van der Waals surface area contributed by atoms with E-state index in [0.717, 1.165) is 11.5 Å². The molecule has 1 aliphatic rings. The fourth-order valence-corrected chi connectivity index (χ4v) is 4.67. The first-order valence-corrected chi connectivity index (χ1v) is 13.7. The van der Waals surface area contributed by atoms with Crippen molar-refractivity contribution in [2.75, 3.05) is 31.9 Å². The van der Waals surface area contributed by atoms with Crippen molar-refractivity contribution in [3.63, 3.8) is 0 Å². The fourth-order valence-electron chi connectivity index (χ4n) is 3.75. The second-order valence-electron chi connectivity index (χ2n) is 8.63. The number of amides is 4. The summed E-state index contributed by atoms with van der Waals surface area (Å²) in [4.78, 5) is 67.8. The summed E-state index contributed by atoms with van der Waals surface area (Å²) in [5.74, 6) is 0.153. The number of hydroxylamine groups is 2. The third-order valence-electron chi connectivity index (χ3n) is 5.87. The van der Waals surface area contributed by atoms with Crippen LogP contribution in [-0.2, 0) is 34.6 Å². The molecule has 0 spiro atoms. The molecule has 1 saturated heterocycles. The molecule has 1 aromatic carbocycles. The number of benzene rings is 1. The highest BCUT2D eigenvalue weighted by atomic mass is 32.2. The molecule has 0 saturated carbocycles. The SMILES string of the molecule is CCC(=O)N(CCSCc1ccccc1)CCN(CCCCCC(=O)ON1C(=O)CCC1=O)C(C)=O. The van der Waals surface area contributed by atoms with Crippen LogP contribution in [0.3, 0.4) is 0 Å². The van der Waals surface area contributed by atoms with Crippen molar-refractivity contribution in [1.82, 2.24) is 14.9 Å². The Morgan fingerprint density at radius 3 is 2.22 bits per heavy atom. The van der Waals surface area contributed by atoms with E-state index in [4.69, 9.17) is 4.84 Å². The number of carbonyl (C=O) groups excluding carboxylic acids is 5. The van der Waals surface area contributed by atoms with Crippen LogP contribution >= 0.6 is 11.8 Å². The lowest BCUT2D eigenvalue weighted by molar-refractivity contribution is -0.197. The zero-order valence-corrected chi connectivity index (χ0v) is 22.1. The van der Waals surface area contributed by atoms with Crippen LogP contribution in [-0.4, -0.2) is 76.4 Å². The quantitative estimate of drug-likeness (QED) is 0.244. The van der Waals surface area contributed by atoms with E-state index >= 15 is 0 Å². The molecule has 198 valence electrons. The number of hydrogen-bond acceptors (Lipinski definition) is 7. The lowest BCUT2D eigenvalue weighted by Crippen LogP contribution is -2.41. The van der Waals surface area contributed by atoms with Gasteiger partial charge in [-0.3, -0.25) is 19.2 Å². The summed E-state index contributed by atoms with van der Waals surface area (Å²) in [6.07, 6.45) is 2.57. The van der Waals surface area contributed by atoms with Crippen LogP contribution < -0.4 is 0 Å². The minimum Gasteiger partial charge on any atom is -0.341 e. The van der Waals surface area contributed by atoms with Gasteiger partial charge in [0.25, 0.3) is 11.8 Å². The molecule has 10 heteroatoms. The second-order valence-corrected chi connectivity index (χ2v) is 9.74. The first-order valence-electron chi connectivity index (χ1n) is 12.5. The zero-order chi connectivity index (χ0) is 26.3. The Balaban J connectivity index is 1.67. The minimum atomic E-state index is -0.610. The highest BCUT2D eigenvalue weighted by Crippen LogP contribution is 2.14. The molecule has 0 aromatic heterocycles. The molecule has 4 amide bonds. The average molecular weight is 520 g/mol. The second kappa shape index (κ2) is 16.0. The number of hydrogen-bond donors (Lipinski definition) is 0. The highest BCUT2D eigenvalue weighted by Gasteiger charge is 2.32. The normalized spacial score (nSPS) is 13.1. The van der Waals surface area contributed by atoms with E-state index in [1.807, 2.05) is 30.0 Å². The third kappa shape index (κ3) is 10.4. The molecule has 1 aromatic rings. The number of rotatable bonds is 16. The summed E-state index contributed by atoms with van der Waals surface area (Å²) in [6, 6.07) is 10.2. The van der Waals surface area contributed by atoms with Gasteiger partial charge in [-0.2, -0.15) is 11.8 Å².